The summed E-state index contributed by atoms with van der Waals surface area (Å²) in [6, 6.07) is 33.9. The third-order valence-corrected chi connectivity index (χ3v) is 9.96. The number of carbonyl (C=O) groups excluding carboxylic acids is 1. The Bertz CT molecular complexity index is 1900. The predicted octanol–water partition coefficient (Wildman–Crippen LogP) is 7.20. The van der Waals surface area contributed by atoms with Crippen LogP contribution in [-0.2, 0) is 32.2 Å². The van der Waals surface area contributed by atoms with Crippen molar-refractivity contribution in [2.75, 3.05) is 5.75 Å². The lowest BCUT2D eigenvalue weighted by Gasteiger charge is -2.36. The summed E-state index contributed by atoms with van der Waals surface area (Å²) in [5.41, 5.74) is 6.63. The summed E-state index contributed by atoms with van der Waals surface area (Å²) in [6.07, 6.45) is 3.23. The van der Waals surface area contributed by atoms with Gasteiger partial charge in [0.05, 0.1) is 24.5 Å². The van der Waals surface area contributed by atoms with Crippen LogP contribution >= 0.6 is 11.8 Å². The first-order valence-corrected chi connectivity index (χ1v) is 18.6. The molecule has 0 radical (unpaired) electrons. The Hall–Kier alpha value is -4.88. The van der Waals surface area contributed by atoms with E-state index in [9.17, 15) is 14.7 Å². The van der Waals surface area contributed by atoms with Crippen molar-refractivity contribution in [1.82, 2.24) is 25.5 Å². The van der Waals surface area contributed by atoms with Gasteiger partial charge in [-0.3, -0.25) is 9.59 Å². The zero-order valence-corrected chi connectivity index (χ0v) is 29.7. The number of aliphatic hydroxyl groups is 1. The predicted molar refractivity (Wildman–Crippen MR) is 197 cm³/mol. The third kappa shape index (κ3) is 10.3. The van der Waals surface area contributed by atoms with E-state index in [2.05, 4.69) is 39.0 Å². The highest BCUT2D eigenvalue weighted by Crippen LogP contribution is 2.40. The lowest BCUT2D eigenvalue weighted by Crippen LogP contribution is -2.31. The number of nitrogens with zero attached hydrogens (tertiary/aromatic N) is 4. The highest BCUT2D eigenvalue weighted by molar-refractivity contribution is 7.99. The Labute approximate surface area is 307 Å². The molecule has 4 aromatic carbocycles. The number of amides is 1. The summed E-state index contributed by atoms with van der Waals surface area (Å²) in [5, 5.41) is 34.4. The number of ether oxygens (including phenoxy) is 2. The molecule has 0 spiro atoms. The van der Waals surface area contributed by atoms with Crippen molar-refractivity contribution >= 4 is 23.6 Å². The number of hydrogen-bond donors (Lipinski definition) is 3. The molecule has 11 nitrogen and oxygen atoms in total. The summed E-state index contributed by atoms with van der Waals surface area (Å²) < 4.78 is 15.0. The molecule has 12 heteroatoms. The molecule has 0 bridgehead atoms. The van der Waals surface area contributed by atoms with Gasteiger partial charge in [-0.1, -0.05) is 103 Å². The lowest BCUT2D eigenvalue weighted by atomic mass is 9.99. The van der Waals surface area contributed by atoms with Gasteiger partial charge in [-0.15, -0.1) is 5.10 Å². The third-order valence-electron chi connectivity index (χ3n) is 8.91. The molecule has 1 aromatic heterocycles. The van der Waals surface area contributed by atoms with Crippen molar-refractivity contribution in [1.29, 1.82) is 0 Å². The number of nitrogens with one attached hydrogen (secondary N) is 1. The van der Waals surface area contributed by atoms with Gasteiger partial charge in [0.1, 0.15) is 0 Å². The fraction of sp³-hybridized carbons (Fsp3) is 0.325. The zero-order chi connectivity index (χ0) is 36.1. The molecule has 5 aromatic rings. The molecule has 2 heterocycles. The van der Waals surface area contributed by atoms with E-state index >= 15 is 0 Å². The van der Waals surface area contributed by atoms with E-state index in [0.717, 1.165) is 58.3 Å². The molecule has 1 fully saturated rings. The van der Waals surface area contributed by atoms with Crippen molar-refractivity contribution in [3.05, 3.63) is 125 Å². The number of benzene rings is 4. The van der Waals surface area contributed by atoms with Crippen LogP contribution in [0.5, 0.6) is 0 Å². The van der Waals surface area contributed by atoms with Crippen LogP contribution in [0.2, 0.25) is 0 Å². The minimum absolute atomic E-state index is 0.0120. The van der Waals surface area contributed by atoms with Gasteiger partial charge in [0, 0.05) is 37.1 Å². The fourth-order valence-electron chi connectivity index (χ4n) is 6.12. The summed E-state index contributed by atoms with van der Waals surface area (Å²) >= 11 is 1.54. The van der Waals surface area contributed by atoms with Crippen LogP contribution in [0.3, 0.4) is 0 Å². The average Bonchev–Trinajstić information content (AvgIpc) is 3.67. The van der Waals surface area contributed by atoms with Crippen LogP contribution in [-0.4, -0.2) is 54.2 Å². The van der Waals surface area contributed by atoms with Gasteiger partial charge < -0.3 is 25.0 Å². The summed E-state index contributed by atoms with van der Waals surface area (Å²) in [7, 11) is 0. The molecule has 52 heavy (non-hydrogen) atoms. The Morgan fingerprint density at radius 2 is 1.56 bits per heavy atom. The van der Waals surface area contributed by atoms with Gasteiger partial charge >= 0.3 is 5.97 Å². The number of carboxylic acids is 1. The molecular weight excluding hydrogens is 679 g/mol. The number of aliphatic hydroxyl groups excluding tert-OH is 1. The highest BCUT2D eigenvalue weighted by atomic mass is 32.2. The molecule has 3 N–H and O–H groups in total. The lowest BCUT2D eigenvalue weighted by molar-refractivity contribution is -0.245. The molecule has 0 aliphatic carbocycles. The maximum Gasteiger partial charge on any atom is 0.303 e. The number of thioether (sulfide) groups is 1. The van der Waals surface area contributed by atoms with E-state index in [4.69, 9.17) is 14.6 Å². The minimum Gasteiger partial charge on any atom is -0.481 e. The van der Waals surface area contributed by atoms with Crippen molar-refractivity contribution in [3.8, 4) is 16.8 Å². The van der Waals surface area contributed by atoms with Crippen LogP contribution in [0.25, 0.3) is 16.8 Å². The number of aliphatic carboxylic acids is 1. The maximum atomic E-state index is 12.5. The molecule has 0 saturated carbocycles. The van der Waals surface area contributed by atoms with E-state index in [1.165, 1.54) is 11.8 Å². The quantitative estimate of drug-likeness (QED) is 0.0665. The summed E-state index contributed by atoms with van der Waals surface area (Å²) in [6.45, 7) is 0.398. The molecule has 1 aliphatic heterocycles. The first kappa shape index (κ1) is 36.9. The molecule has 0 unspecified atom stereocenters. The van der Waals surface area contributed by atoms with E-state index in [1.807, 2.05) is 84.9 Å². The second kappa shape index (κ2) is 18.6. The van der Waals surface area contributed by atoms with E-state index in [0.29, 0.717) is 36.7 Å². The Morgan fingerprint density at radius 3 is 2.33 bits per heavy atom. The molecule has 3 atom stereocenters. The number of carbonyl (C=O) groups is 2. The molecule has 1 saturated heterocycles. The van der Waals surface area contributed by atoms with Gasteiger partial charge in [-0.2, -0.15) is 4.68 Å². The van der Waals surface area contributed by atoms with Crippen LogP contribution in [0, 0.1) is 0 Å². The van der Waals surface area contributed by atoms with E-state index < -0.39 is 12.3 Å². The number of hydrogen-bond acceptors (Lipinski definition) is 9. The van der Waals surface area contributed by atoms with Crippen molar-refractivity contribution in [2.45, 2.75) is 81.8 Å². The Balaban J connectivity index is 1.12. The maximum absolute atomic E-state index is 12.5. The number of tetrazole rings is 1. The van der Waals surface area contributed by atoms with E-state index in [-0.39, 0.29) is 31.1 Å². The molecule has 1 aliphatic rings. The number of unbranched alkanes of at least 4 members (excludes halogenated alkanes) is 3. The fourth-order valence-corrected chi connectivity index (χ4v) is 7.03. The van der Waals surface area contributed by atoms with Gasteiger partial charge in [-0.05, 0) is 75.4 Å². The van der Waals surface area contributed by atoms with Crippen LogP contribution < -0.4 is 5.32 Å². The average molecular weight is 722 g/mol. The van der Waals surface area contributed by atoms with Crippen molar-refractivity contribution < 1.29 is 29.3 Å². The highest BCUT2D eigenvalue weighted by Gasteiger charge is 2.33. The smallest absolute Gasteiger partial charge is 0.303 e. The SMILES string of the molecule is O=C(O)CCCCCCC(=O)NCc1cccc(-c2cccc([C@H]3O[C@@H](CSc4nnnn4-c4ccccc4)C[C@@H](c4ccc(CO)cc4)O3)c2)c1. The first-order chi connectivity index (χ1) is 25.4. The van der Waals surface area contributed by atoms with Gasteiger partial charge in [0.2, 0.25) is 11.1 Å². The van der Waals surface area contributed by atoms with Crippen molar-refractivity contribution in [3.63, 3.8) is 0 Å². The summed E-state index contributed by atoms with van der Waals surface area (Å²) in [5.74, 6) is -0.185. The normalized spacial score (nSPS) is 17.1. The number of aromatic nitrogens is 4. The van der Waals surface area contributed by atoms with Gasteiger partial charge in [-0.25, -0.2) is 0 Å². The largest absolute Gasteiger partial charge is 0.481 e. The monoisotopic (exact) mass is 721 g/mol. The van der Waals surface area contributed by atoms with Crippen LogP contribution in [0.4, 0.5) is 0 Å². The van der Waals surface area contributed by atoms with E-state index in [1.54, 1.807) is 4.68 Å². The minimum atomic E-state index is -0.781. The number of carboxylic acid groups (broad SMARTS) is 1. The molecular formula is C40H43N5O6S. The molecule has 6 rings (SSSR count). The standard InChI is InChI=1S/C40H43N5O6S/c46-26-28-18-20-30(21-19-28)36-24-35(27-52-40-42-43-44-45(40)34-14-4-3-5-15-34)50-39(51-36)33-13-9-12-32(23-33)31-11-8-10-29(22-31)25-41-37(47)16-6-1-2-7-17-38(48)49/h3-5,8-15,18-23,35-36,39,46H,1-2,6-7,16-17,24-27H2,(H,41,47)(H,48,49)/t35-,36+,39+/m1/s1. The Kier molecular flexibility index (Phi) is 13.2. The second-order valence-electron chi connectivity index (χ2n) is 12.8. The zero-order valence-electron chi connectivity index (χ0n) is 28.8. The first-order valence-electron chi connectivity index (χ1n) is 17.6. The van der Waals surface area contributed by atoms with Crippen LogP contribution in [0.1, 0.15) is 79.6 Å². The number of rotatable bonds is 17. The number of para-hydroxylation sites is 1. The second-order valence-corrected chi connectivity index (χ2v) is 13.8. The van der Waals surface area contributed by atoms with Gasteiger partial charge in [0.25, 0.3) is 0 Å². The topological polar surface area (TPSA) is 149 Å². The molecule has 1 amide bonds. The molecule has 270 valence electrons. The Morgan fingerprint density at radius 1 is 0.808 bits per heavy atom. The van der Waals surface area contributed by atoms with Gasteiger partial charge in [0.15, 0.2) is 6.29 Å². The van der Waals surface area contributed by atoms with Crippen LogP contribution in [0.15, 0.2) is 108 Å². The summed E-state index contributed by atoms with van der Waals surface area (Å²) in [4.78, 5) is 23.1. The van der Waals surface area contributed by atoms with Crippen molar-refractivity contribution in [2.24, 2.45) is 0 Å².